The molecule has 4 aromatic rings. The molecule has 0 bridgehead atoms. The molecule has 5 heteroatoms. The monoisotopic (exact) mass is 247 g/mol. The summed E-state index contributed by atoms with van der Waals surface area (Å²) in [4.78, 5) is 16.9. The molecule has 0 unspecified atom stereocenters. The predicted octanol–water partition coefficient (Wildman–Crippen LogP) is 2.36. The first kappa shape index (κ1) is 10.1. The Bertz CT molecular complexity index is 813. The lowest BCUT2D eigenvalue weighted by Crippen LogP contribution is -1.96. The predicted molar refractivity (Wildman–Crippen MR) is 72.0 cm³/mol. The highest BCUT2D eigenvalue weighted by Gasteiger charge is 2.13. The van der Waals surface area contributed by atoms with E-state index in [1.54, 1.807) is 25.0 Å². The van der Waals surface area contributed by atoms with E-state index in [1.165, 1.54) is 0 Å². The van der Waals surface area contributed by atoms with Gasteiger partial charge in [0, 0.05) is 28.9 Å². The van der Waals surface area contributed by atoms with E-state index >= 15 is 0 Å². The zero-order chi connectivity index (χ0) is 12.7. The fourth-order valence-electron chi connectivity index (χ4n) is 2.30. The van der Waals surface area contributed by atoms with Crippen LogP contribution in [0.5, 0.6) is 0 Å². The van der Waals surface area contributed by atoms with Gasteiger partial charge in [0.25, 0.3) is 0 Å². The van der Waals surface area contributed by atoms with Gasteiger partial charge in [0.2, 0.25) is 0 Å². The Morgan fingerprint density at radius 3 is 1.89 bits per heavy atom. The zero-order valence-electron chi connectivity index (χ0n) is 9.93. The number of fused-ring (bicyclic) bond motifs is 3. The van der Waals surface area contributed by atoms with Crippen molar-refractivity contribution in [1.29, 1.82) is 0 Å². The van der Waals surface area contributed by atoms with Gasteiger partial charge in [0.15, 0.2) is 0 Å². The molecule has 1 aromatic carbocycles. The summed E-state index contributed by atoms with van der Waals surface area (Å²) in [5.41, 5.74) is 2.72. The van der Waals surface area contributed by atoms with E-state index in [0.717, 1.165) is 27.8 Å². The van der Waals surface area contributed by atoms with Crippen molar-refractivity contribution >= 4 is 22.1 Å². The second kappa shape index (κ2) is 3.84. The third-order valence-corrected chi connectivity index (χ3v) is 3.11. The fraction of sp³-hybridized carbons (Fsp3) is 0. The minimum Gasteiger partial charge on any atom is -0.278 e. The summed E-state index contributed by atoms with van der Waals surface area (Å²) in [5, 5.41) is 1.92. The molecule has 4 rings (SSSR count). The third-order valence-electron chi connectivity index (χ3n) is 3.11. The molecule has 0 saturated carbocycles. The van der Waals surface area contributed by atoms with Crippen molar-refractivity contribution in [1.82, 2.24) is 24.5 Å². The van der Waals surface area contributed by atoms with Crippen LogP contribution in [0.25, 0.3) is 27.8 Å². The maximum atomic E-state index is 4.38. The number of hydrogen-bond acceptors (Lipinski definition) is 4. The van der Waals surface area contributed by atoms with Gasteiger partial charge in [-0.2, -0.15) is 0 Å². The topological polar surface area (TPSA) is 56.5 Å². The summed E-state index contributed by atoms with van der Waals surface area (Å²) in [6.07, 6.45) is 6.70. The smallest absolute Gasteiger partial charge is 0.150 e. The molecule has 0 aliphatic rings. The lowest BCUT2D eigenvalue weighted by atomic mass is 10.3. The highest BCUT2D eigenvalue weighted by Crippen LogP contribution is 2.27. The van der Waals surface area contributed by atoms with Gasteiger partial charge < -0.3 is 0 Å². The van der Waals surface area contributed by atoms with Crippen molar-refractivity contribution in [3.8, 4) is 5.69 Å². The van der Waals surface area contributed by atoms with Crippen molar-refractivity contribution in [2.45, 2.75) is 0 Å². The van der Waals surface area contributed by atoms with E-state index in [9.17, 15) is 0 Å². The van der Waals surface area contributed by atoms with Crippen molar-refractivity contribution in [3.63, 3.8) is 0 Å². The van der Waals surface area contributed by atoms with E-state index in [-0.39, 0.29) is 0 Å². The van der Waals surface area contributed by atoms with E-state index in [0.29, 0.717) is 0 Å². The van der Waals surface area contributed by atoms with Crippen LogP contribution >= 0.6 is 0 Å². The Labute approximate surface area is 108 Å². The molecule has 0 spiro atoms. The van der Waals surface area contributed by atoms with Crippen LogP contribution < -0.4 is 0 Å². The molecular formula is C14H9N5. The molecule has 3 aromatic heterocycles. The van der Waals surface area contributed by atoms with E-state index in [1.807, 2.05) is 34.9 Å². The fourth-order valence-corrected chi connectivity index (χ4v) is 2.30. The standard InChI is InChI=1S/C14H9N5/c1-2-4-10(5-3-1)19-13-11(6-15-8-17-13)12-7-16-9-18-14(12)19/h1-9H. The lowest BCUT2D eigenvalue weighted by molar-refractivity contribution is 1.07. The van der Waals surface area contributed by atoms with Crippen LogP contribution in [0.3, 0.4) is 0 Å². The summed E-state index contributed by atoms with van der Waals surface area (Å²) in [5.74, 6) is 0. The van der Waals surface area contributed by atoms with Crippen LogP contribution in [0, 0.1) is 0 Å². The summed E-state index contributed by atoms with van der Waals surface area (Å²) in [6, 6.07) is 10.0. The van der Waals surface area contributed by atoms with Gasteiger partial charge in [-0.1, -0.05) is 18.2 Å². The van der Waals surface area contributed by atoms with Gasteiger partial charge in [-0.3, -0.25) is 4.57 Å². The SMILES string of the molecule is c1ccc(-n2c3ncncc3c3cncnc32)cc1. The molecular weight excluding hydrogens is 238 g/mol. The second-order valence-corrected chi connectivity index (χ2v) is 4.19. The second-order valence-electron chi connectivity index (χ2n) is 4.19. The highest BCUT2D eigenvalue weighted by atomic mass is 15.1. The van der Waals surface area contributed by atoms with Gasteiger partial charge in [-0.15, -0.1) is 0 Å². The summed E-state index contributed by atoms with van der Waals surface area (Å²) < 4.78 is 2.02. The molecule has 19 heavy (non-hydrogen) atoms. The first-order chi connectivity index (χ1) is 9.45. The quantitative estimate of drug-likeness (QED) is 0.518. The van der Waals surface area contributed by atoms with Crippen LogP contribution in [0.4, 0.5) is 0 Å². The molecule has 0 aliphatic carbocycles. The first-order valence-corrected chi connectivity index (χ1v) is 5.91. The average molecular weight is 247 g/mol. The summed E-state index contributed by atoms with van der Waals surface area (Å²) in [6.45, 7) is 0. The van der Waals surface area contributed by atoms with Crippen LogP contribution in [-0.2, 0) is 0 Å². The number of nitrogens with zero attached hydrogens (tertiary/aromatic N) is 5. The minimum absolute atomic E-state index is 0.844. The zero-order valence-corrected chi connectivity index (χ0v) is 9.93. The highest BCUT2D eigenvalue weighted by molar-refractivity contribution is 6.05. The first-order valence-electron chi connectivity index (χ1n) is 5.91. The average Bonchev–Trinajstić information content (AvgIpc) is 2.83. The number of benzene rings is 1. The Morgan fingerprint density at radius 2 is 1.32 bits per heavy atom. The van der Waals surface area contributed by atoms with Crippen molar-refractivity contribution in [2.24, 2.45) is 0 Å². The van der Waals surface area contributed by atoms with Crippen LogP contribution in [-0.4, -0.2) is 24.5 Å². The Hall–Kier alpha value is -2.82. The number of hydrogen-bond donors (Lipinski definition) is 0. The molecule has 0 saturated heterocycles. The van der Waals surface area contributed by atoms with Crippen LogP contribution in [0.15, 0.2) is 55.4 Å². The van der Waals surface area contributed by atoms with E-state index in [2.05, 4.69) is 19.9 Å². The minimum atomic E-state index is 0.844. The van der Waals surface area contributed by atoms with E-state index < -0.39 is 0 Å². The van der Waals surface area contributed by atoms with Crippen molar-refractivity contribution in [2.75, 3.05) is 0 Å². The summed E-state index contributed by atoms with van der Waals surface area (Å²) >= 11 is 0. The molecule has 0 atom stereocenters. The molecule has 3 heterocycles. The van der Waals surface area contributed by atoms with Gasteiger partial charge in [0.05, 0.1) is 0 Å². The largest absolute Gasteiger partial charge is 0.278 e. The number of aromatic nitrogens is 5. The third kappa shape index (κ3) is 1.41. The Kier molecular flexibility index (Phi) is 2.05. The lowest BCUT2D eigenvalue weighted by Gasteiger charge is -2.04. The van der Waals surface area contributed by atoms with Gasteiger partial charge in [-0.05, 0) is 12.1 Å². The van der Waals surface area contributed by atoms with Crippen molar-refractivity contribution in [3.05, 3.63) is 55.4 Å². The molecule has 0 aliphatic heterocycles. The van der Waals surface area contributed by atoms with Crippen LogP contribution in [0.1, 0.15) is 0 Å². The molecule has 5 nitrogen and oxygen atoms in total. The molecule has 0 radical (unpaired) electrons. The maximum absolute atomic E-state index is 4.38. The Morgan fingerprint density at radius 1 is 0.737 bits per heavy atom. The van der Waals surface area contributed by atoms with Crippen molar-refractivity contribution < 1.29 is 0 Å². The van der Waals surface area contributed by atoms with Gasteiger partial charge in [-0.25, -0.2) is 19.9 Å². The summed E-state index contributed by atoms with van der Waals surface area (Å²) in [7, 11) is 0. The van der Waals surface area contributed by atoms with Gasteiger partial charge >= 0.3 is 0 Å². The Balaban J connectivity index is 2.24. The van der Waals surface area contributed by atoms with E-state index in [4.69, 9.17) is 0 Å². The molecule has 0 fully saturated rings. The maximum Gasteiger partial charge on any atom is 0.150 e. The molecule has 0 N–H and O–H groups in total. The van der Waals surface area contributed by atoms with Gasteiger partial charge in [0.1, 0.15) is 23.9 Å². The number of rotatable bonds is 1. The normalized spacial score (nSPS) is 11.2. The molecule has 90 valence electrons. The molecule has 0 amide bonds. The number of para-hydroxylation sites is 1. The van der Waals surface area contributed by atoms with Crippen LogP contribution in [0.2, 0.25) is 0 Å².